The third kappa shape index (κ3) is 7.35. The lowest BCUT2D eigenvalue weighted by Crippen LogP contribution is -2.42. The van der Waals surface area contributed by atoms with E-state index in [2.05, 4.69) is 0 Å². The Morgan fingerprint density at radius 3 is 1.18 bits per heavy atom. The van der Waals surface area contributed by atoms with Crippen LogP contribution in [0.5, 0.6) is 0 Å². The van der Waals surface area contributed by atoms with Gasteiger partial charge in [-0.15, -0.1) is 0 Å². The van der Waals surface area contributed by atoms with Crippen molar-refractivity contribution >= 4 is 32.0 Å². The van der Waals surface area contributed by atoms with Gasteiger partial charge in [0.25, 0.3) is 0 Å². The molecule has 0 saturated carbocycles. The predicted octanol–water partition coefficient (Wildman–Crippen LogP) is 1.93. The maximum atomic E-state index is 13.2. The van der Waals surface area contributed by atoms with Gasteiger partial charge in [0.1, 0.15) is 0 Å². The molecule has 0 saturated heterocycles. The van der Waals surface area contributed by atoms with E-state index in [1.165, 1.54) is 24.3 Å². The summed E-state index contributed by atoms with van der Waals surface area (Å²) in [5.41, 5.74) is 1.67. The Labute approximate surface area is 199 Å². The Hall–Kier alpha value is -2.80. The Kier molecular flexibility index (Phi) is 9.33. The van der Waals surface area contributed by atoms with E-state index in [-0.39, 0.29) is 36.0 Å². The van der Waals surface area contributed by atoms with Crippen molar-refractivity contribution in [3.8, 4) is 0 Å². The minimum absolute atomic E-state index is 0.0537. The molecule has 2 N–H and O–H groups in total. The number of hydrogen-bond acceptors (Lipinski definition) is 6. The fourth-order valence-electron chi connectivity index (χ4n) is 3.09. The van der Waals surface area contributed by atoms with Gasteiger partial charge in [-0.3, -0.25) is 9.59 Å². The highest BCUT2D eigenvalue weighted by atomic mass is 32.2. The number of hydrogen-bond donors (Lipinski definition) is 2. The van der Waals surface area contributed by atoms with Gasteiger partial charge >= 0.3 is 11.9 Å². The van der Waals surface area contributed by atoms with Crippen LogP contribution in [0.2, 0.25) is 0 Å². The zero-order valence-corrected chi connectivity index (χ0v) is 20.5. The van der Waals surface area contributed by atoms with E-state index >= 15 is 0 Å². The number of aliphatic carboxylic acids is 2. The zero-order valence-electron chi connectivity index (χ0n) is 18.9. The molecule has 0 aliphatic rings. The van der Waals surface area contributed by atoms with Crippen LogP contribution in [0.15, 0.2) is 58.3 Å². The van der Waals surface area contributed by atoms with E-state index in [4.69, 9.17) is 10.2 Å². The van der Waals surface area contributed by atoms with Gasteiger partial charge < -0.3 is 10.2 Å². The van der Waals surface area contributed by atoms with Crippen molar-refractivity contribution in [1.82, 2.24) is 8.61 Å². The van der Waals surface area contributed by atoms with Crippen molar-refractivity contribution in [1.29, 1.82) is 0 Å². The van der Waals surface area contributed by atoms with E-state index < -0.39 is 44.8 Å². The maximum Gasteiger partial charge on any atom is 0.304 e. The highest BCUT2D eigenvalue weighted by Gasteiger charge is 2.29. The number of rotatable bonds is 13. The highest BCUT2D eigenvalue weighted by molar-refractivity contribution is 7.89. The second-order valence-corrected chi connectivity index (χ2v) is 11.6. The lowest BCUT2D eigenvalue weighted by molar-refractivity contribution is -0.138. The van der Waals surface area contributed by atoms with Crippen molar-refractivity contribution in [2.24, 2.45) is 0 Å². The summed E-state index contributed by atoms with van der Waals surface area (Å²) in [5.74, 6) is -2.42. The van der Waals surface area contributed by atoms with Crippen molar-refractivity contribution in [3.63, 3.8) is 0 Å². The molecule has 0 fully saturated rings. The molecular weight excluding hydrogens is 484 g/mol. The standard InChI is InChI=1S/C22H28N2O8S2/c1-17-3-7-19(8-4-17)33(29,30)23(13-11-21(25)26)15-16-24(14-12-22(27)28)34(31,32)20-9-5-18(2)6-10-20/h3-10H,11-16H2,1-2H3,(H,25,26)(H,27,28). The number of carbonyl (C=O) groups is 2. The van der Waals surface area contributed by atoms with Crippen LogP contribution in [0.25, 0.3) is 0 Å². The van der Waals surface area contributed by atoms with Crippen molar-refractivity contribution in [2.75, 3.05) is 26.2 Å². The van der Waals surface area contributed by atoms with Crippen LogP contribution in [0.1, 0.15) is 24.0 Å². The predicted molar refractivity (Wildman–Crippen MR) is 124 cm³/mol. The van der Waals surface area contributed by atoms with Crippen LogP contribution in [-0.4, -0.2) is 73.8 Å². The number of nitrogens with zero attached hydrogens (tertiary/aromatic N) is 2. The first kappa shape index (κ1) is 27.4. The summed E-state index contributed by atoms with van der Waals surface area (Å²) in [6.07, 6.45) is -0.962. The summed E-state index contributed by atoms with van der Waals surface area (Å²) in [4.78, 5) is 22.1. The fourth-order valence-corrected chi connectivity index (χ4v) is 5.95. The molecule has 0 aliphatic carbocycles. The molecule has 0 radical (unpaired) electrons. The number of carboxylic acids is 2. The monoisotopic (exact) mass is 512 g/mol. The molecule has 0 spiro atoms. The van der Waals surface area contributed by atoms with Crippen LogP contribution >= 0.6 is 0 Å². The first-order valence-corrected chi connectivity index (χ1v) is 13.3. The maximum absolute atomic E-state index is 13.2. The van der Waals surface area contributed by atoms with Crippen molar-refractivity contribution < 1.29 is 36.6 Å². The minimum Gasteiger partial charge on any atom is -0.481 e. The molecule has 0 unspecified atom stereocenters. The Morgan fingerprint density at radius 2 is 0.912 bits per heavy atom. The molecule has 186 valence electrons. The molecule has 2 rings (SSSR count). The SMILES string of the molecule is Cc1ccc(S(=O)(=O)N(CCC(=O)O)CCN(CCC(=O)O)S(=O)(=O)c2ccc(C)cc2)cc1. The Bertz CT molecular complexity index is 1110. The van der Waals surface area contributed by atoms with E-state index in [1.807, 2.05) is 0 Å². The second-order valence-electron chi connectivity index (χ2n) is 7.72. The molecule has 34 heavy (non-hydrogen) atoms. The summed E-state index contributed by atoms with van der Waals surface area (Å²) in [5, 5.41) is 18.1. The largest absolute Gasteiger partial charge is 0.481 e. The van der Waals surface area contributed by atoms with Gasteiger partial charge in [-0.25, -0.2) is 16.8 Å². The van der Waals surface area contributed by atoms with Gasteiger partial charge in [0.15, 0.2) is 0 Å². The summed E-state index contributed by atoms with van der Waals surface area (Å²) in [6.45, 7) is 2.12. The average Bonchev–Trinajstić information content (AvgIpc) is 2.75. The van der Waals surface area contributed by atoms with Crippen LogP contribution in [0.4, 0.5) is 0 Å². The molecular formula is C22H28N2O8S2. The normalized spacial score (nSPS) is 12.2. The summed E-state index contributed by atoms with van der Waals surface area (Å²) >= 11 is 0. The van der Waals surface area contributed by atoms with Crippen LogP contribution in [0, 0.1) is 13.8 Å². The van der Waals surface area contributed by atoms with E-state index in [9.17, 15) is 26.4 Å². The van der Waals surface area contributed by atoms with Gasteiger partial charge in [-0.2, -0.15) is 8.61 Å². The molecule has 2 aromatic rings. The Morgan fingerprint density at radius 1 is 0.618 bits per heavy atom. The molecule has 12 heteroatoms. The lowest BCUT2D eigenvalue weighted by atomic mass is 10.2. The van der Waals surface area contributed by atoms with Gasteiger partial charge in [0.05, 0.1) is 22.6 Å². The number of sulfonamides is 2. The molecule has 10 nitrogen and oxygen atoms in total. The summed E-state index contributed by atoms with van der Waals surface area (Å²) in [7, 11) is -8.25. The summed E-state index contributed by atoms with van der Waals surface area (Å²) < 4.78 is 54.5. The van der Waals surface area contributed by atoms with Gasteiger partial charge in [0.2, 0.25) is 20.0 Å². The van der Waals surface area contributed by atoms with E-state index in [0.717, 1.165) is 19.7 Å². The van der Waals surface area contributed by atoms with Gasteiger partial charge in [-0.05, 0) is 38.1 Å². The molecule has 0 atom stereocenters. The fraction of sp³-hybridized carbons (Fsp3) is 0.364. The zero-order chi connectivity index (χ0) is 25.5. The first-order chi connectivity index (χ1) is 15.8. The number of carboxylic acid groups (broad SMARTS) is 2. The molecule has 2 aromatic carbocycles. The Balaban J connectivity index is 2.35. The first-order valence-electron chi connectivity index (χ1n) is 10.4. The topological polar surface area (TPSA) is 149 Å². The smallest absolute Gasteiger partial charge is 0.304 e. The molecule has 0 amide bonds. The molecule has 0 aliphatic heterocycles. The molecule has 0 heterocycles. The highest BCUT2D eigenvalue weighted by Crippen LogP contribution is 2.20. The number of aryl methyl sites for hydroxylation is 2. The third-order valence-corrected chi connectivity index (χ3v) is 8.89. The van der Waals surface area contributed by atoms with Crippen LogP contribution in [-0.2, 0) is 29.6 Å². The van der Waals surface area contributed by atoms with Crippen LogP contribution < -0.4 is 0 Å². The van der Waals surface area contributed by atoms with Crippen molar-refractivity contribution in [2.45, 2.75) is 36.5 Å². The minimum atomic E-state index is -4.12. The lowest BCUT2D eigenvalue weighted by Gasteiger charge is -2.26. The van der Waals surface area contributed by atoms with Crippen LogP contribution in [0.3, 0.4) is 0 Å². The quantitative estimate of drug-likeness (QED) is 0.413. The second kappa shape index (κ2) is 11.6. The van der Waals surface area contributed by atoms with Gasteiger partial charge in [-0.1, -0.05) is 35.4 Å². The number of benzene rings is 2. The van der Waals surface area contributed by atoms with Gasteiger partial charge in [0, 0.05) is 26.2 Å². The summed E-state index contributed by atoms with van der Waals surface area (Å²) in [6, 6.07) is 12.0. The van der Waals surface area contributed by atoms with E-state index in [0.29, 0.717) is 0 Å². The molecule has 0 aromatic heterocycles. The molecule has 0 bridgehead atoms. The van der Waals surface area contributed by atoms with E-state index in [1.54, 1.807) is 38.1 Å². The van der Waals surface area contributed by atoms with Crippen molar-refractivity contribution in [3.05, 3.63) is 59.7 Å². The third-order valence-electron chi connectivity index (χ3n) is 5.07. The average molecular weight is 513 g/mol.